The molecule has 2 unspecified atom stereocenters. The van der Waals surface area contributed by atoms with Gasteiger partial charge in [0, 0.05) is 30.1 Å². The van der Waals surface area contributed by atoms with Crippen molar-refractivity contribution in [2.24, 2.45) is 0 Å². The fourth-order valence-corrected chi connectivity index (χ4v) is 3.87. The number of carboxylic acid groups (broad SMARTS) is 1. The van der Waals surface area contributed by atoms with Crippen molar-refractivity contribution in [3.05, 3.63) is 35.4 Å². The highest BCUT2D eigenvalue weighted by Gasteiger charge is 2.29. The summed E-state index contributed by atoms with van der Waals surface area (Å²) in [5.41, 5.74) is 2.63. The number of hydrogen-bond donors (Lipinski definition) is 1. The van der Waals surface area contributed by atoms with Crippen LogP contribution in [0.1, 0.15) is 37.4 Å². The van der Waals surface area contributed by atoms with Crippen LogP contribution in [0.2, 0.25) is 0 Å². The highest BCUT2D eigenvalue weighted by molar-refractivity contribution is 7.99. The van der Waals surface area contributed by atoms with Gasteiger partial charge in [0.1, 0.15) is 0 Å². The number of benzene rings is 1. The van der Waals surface area contributed by atoms with Gasteiger partial charge in [0.2, 0.25) is 0 Å². The number of rotatable bonds is 5. The lowest BCUT2D eigenvalue weighted by molar-refractivity contribution is -0.138. The highest BCUT2D eigenvalue weighted by atomic mass is 32.2. The van der Waals surface area contributed by atoms with Crippen molar-refractivity contribution in [2.45, 2.75) is 38.8 Å². The summed E-state index contributed by atoms with van der Waals surface area (Å²) >= 11 is 1.86. The maximum atomic E-state index is 11.0. The van der Waals surface area contributed by atoms with E-state index in [1.54, 1.807) is 0 Å². The summed E-state index contributed by atoms with van der Waals surface area (Å²) in [6.07, 6.45) is 1.29. The molecule has 0 radical (unpaired) electrons. The SMILES string of the molecule is CCc1ccc(C(C)N2CCSCC2CC(=O)O)cc1. The smallest absolute Gasteiger partial charge is 0.304 e. The van der Waals surface area contributed by atoms with Crippen molar-refractivity contribution in [3.63, 3.8) is 0 Å². The summed E-state index contributed by atoms with van der Waals surface area (Å²) in [5, 5.41) is 9.07. The Morgan fingerprint density at radius 3 is 2.75 bits per heavy atom. The van der Waals surface area contributed by atoms with Crippen LogP contribution in [-0.4, -0.2) is 40.1 Å². The maximum Gasteiger partial charge on any atom is 0.304 e. The lowest BCUT2D eigenvalue weighted by Gasteiger charge is -2.39. The summed E-state index contributed by atoms with van der Waals surface area (Å²) < 4.78 is 0. The summed E-state index contributed by atoms with van der Waals surface area (Å²) in [5.74, 6) is 1.31. The van der Waals surface area contributed by atoms with E-state index in [1.165, 1.54) is 11.1 Å². The zero-order chi connectivity index (χ0) is 14.5. The highest BCUT2D eigenvalue weighted by Crippen LogP contribution is 2.29. The van der Waals surface area contributed by atoms with Crippen LogP contribution in [0.3, 0.4) is 0 Å². The van der Waals surface area contributed by atoms with Crippen LogP contribution in [0.4, 0.5) is 0 Å². The molecule has 0 bridgehead atoms. The van der Waals surface area contributed by atoms with E-state index in [0.717, 1.165) is 24.5 Å². The van der Waals surface area contributed by atoms with Crippen molar-refractivity contribution in [1.29, 1.82) is 0 Å². The zero-order valence-corrected chi connectivity index (χ0v) is 13.0. The Balaban J connectivity index is 2.11. The lowest BCUT2D eigenvalue weighted by Crippen LogP contribution is -2.44. The number of thioether (sulfide) groups is 1. The molecule has 1 aromatic rings. The lowest BCUT2D eigenvalue weighted by atomic mass is 10.0. The molecule has 1 N–H and O–H groups in total. The van der Waals surface area contributed by atoms with Crippen LogP contribution < -0.4 is 0 Å². The van der Waals surface area contributed by atoms with Gasteiger partial charge in [-0.3, -0.25) is 9.69 Å². The largest absolute Gasteiger partial charge is 0.481 e. The molecule has 2 rings (SSSR count). The fourth-order valence-electron chi connectivity index (χ4n) is 2.78. The normalized spacial score (nSPS) is 21.6. The molecule has 2 atom stereocenters. The third-order valence-electron chi connectivity index (χ3n) is 4.05. The Morgan fingerprint density at radius 2 is 2.15 bits per heavy atom. The molecule has 110 valence electrons. The van der Waals surface area contributed by atoms with E-state index in [9.17, 15) is 4.79 Å². The van der Waals surface area contributed by atoms with Gasteiger partial charge in [0.15, 0.2) is 0 Å². The van der Waals surface area contributed by atoms with Crippen LogP contribution in [0.25, 0.3) is 0 Å². The molecular formula is C16H23NO2S. The van der Waals surface area contributed by atoms with Gasteiger partial charge in [-0.25, -0.2) is 0 Å². The molecule has 0 aromatic heterocycles. The van der Waals surface area contributed by atoms with Crippen molar-refractivity contribution in [3.8, 4) is 0 Å². The first-order chi connectivity index (χ1) is 9.61. The van der Waals surface area contributed by atoms with E-state index in [1.807, 2.05) is 11.8 Å². The number of aryl methyl sites for hydroxylation is 1. The van der Waals surface area contributed by atoms with Gasteiger partial charge in [0.25, 0.3) is 0 Å². The van der Waals surface area contributed by atoms with Crippen molar-refractivity contribution in [1.82, 2.24) is 4.90 Å². The Morgan fingerprint density at radius 1 is 1.45 bits per heavy atom. The minimum atomic E-state index is -0.698. The third kappa shape index (κ3) is 3.76. The van der Waals surface area contributed by atoms with Gasteiger partial charge >= 0.3 is 5.97 Å². The molecule has 1 fully saturated rings. The number of nitrogens with zero attached hydrogens (tertiary/aromatic N) is 1. The van der Waals surface area contributed by atoms with Crippen LogP contribution >= 0.6 is 11.8 Å². The first-order valence-corrected chi connectivity index (χ1v) is 8.41. The molecule has 0 aliphatic carbocycles. The molecule has 1 aliphatic rings. The molecule has 1 aromatic carbocycles. The number of aliphatic carboxylic acids is 1. The molecule has 3 nitrogen and oxygen atoms in total. The first kappa shape index (κ1) is 15.4. The minimum Gasteiger partial charge on any atom is -0.481 e. The molecule has 0 saturated carbocycles. The molecule has 1 aliphatic heterocycles. The summed E-state index contributed by atoms with van der Waals surface area (Å²) in [6, 6.07) is 9.15. The number of carbonyl (C=O) groups is 1. The zero-order valence-electron chi connectivity index (χ0n) is 12.2. The predicted octanol–water partition coefficient (Wildman–Crippen LogP) is 3.20. The summed E-state index contributed by atoms with van der Waals surface area (Å²) in [4.78, 5) is 13.4. The van der Waals surface area contributed by atoms with Crippen molar-refractivity contribution >= 4 is 17.7 Å². The first-order valence-electron chi connectivity index (χ1n) is 7.26. The van der Waals surface area contributed by atoms with Crippen LogP contribution in [0, 0.1) is 0 Å². The van der Waals surface area contributed by atoms with Crippen molar-refractivity contribution in [2.75, 3.05) is 18.1 Å². The Bertz CT molecular complexity index is 446. The van der Waals surface area contributed by atoms with Crippen LogP contribution in [0.5, 0.6) is 0 Å². The molecule has 4 heteroatoms. The van der Waals surface area contributed by atoms with E-state index < -0.39 is 5.97 Å². The average molecular weight is 293 g/mol. The van der Waals surface area contributed by atoms with E-state index in [4.69, 9.17) is 5.11 Å². The monoisotopic (exact) mass is 293 g/mol. The molecule has 0 spiro atoms. The van der Waals surface area contributed by atoms with E-state index in [2.05, 4.69) is 43.0 Å². The van der Waals surface area contributed by atoms with Gasteiger partial charge in [-0.1, -0.05) is 31.2 Å². The maximum absolute atomic E-state index is 11.0. The third-order valence-corrected chi connectivity index (χ3v) is 5.14. The van der Waals surface area contributed by atoms with E-state index in [0.29, 0.717) is 0 Å². The number of carboxylic acids is 1. The predicted molar refractivity (Wildman–Crippen MR) is 84.3 cm³/mol. The van der Waals surface area contributed by atoms with Gasteiger partial charge in [-0.2, -0.15) is 11.8 Å². The van der Waals surface area contributed by atoms with E-state index >= 15 is 0 Å². The van der Waals surface area contributed by atoms with Gasteiger partial charge in [-0.05, 0) is 24.5 Å². The second kappa shape index (κ2) is 7.14. The second-order valence-electron chi connectivity index (χ2n) is 5.34. The summed E-state index contributed by atoms with van der Waals surface area (Å²) in [6.45, 7) is 5.31. The number of hydrogen-bond acceptors (Lipinski definition) is 3. The Hall–Kier alpha value is -1.00. The average Bonchev–Trinajstić information content (AvgIpc) is 2.46. The molecule has 1 saturated heterocycles. The fraction of sp³-hybridized carbons (Fsp3) is 0.562. The van der Waals surface area contributed by atoms with Crippen LogP contribution in [-0.2, 0) is 11.2 Å². The van der Waals surface area contributed by atoms with Gasteiger partial charge in [-0.15, -0.1) is 0 Å². The second-order valence-corrected chi connectivity index (χ2v) is 6.49. The molecule has 20 heavy (non-hydrogen) atoms. The summed E-state index contributed by atoms with van der Waals surface area (Å²) in [7, 11) is 0. The Kier molecular flexibility index (Phi) is 5.49. The topological polar surface area (TPSA) is 40.5 Å². The standard InChI is InChI=1S/C16H23NO2S/c1-3-13-4-6-14(7-5-13)12(2)17-8-9-20-11-15(17)10-16(18)19/h4-7,12,15H,3,8-11H2,1-2H3,(H,18,19). The quantitative estimate of drug-likeness (QED) is 0.905. The van der Waals surface area contributed by atoms with Gasteiger partial charge in [0.05, 0.1) is 6.42 Å². The minimum absolute atomic E-state index is 0.145. The molecule has 0 amide bonds. The van der Waals surface area contributed by atoms with Gasteiger partial charge < -0.3 is 5.11 Å². The van der Waals surface area contributed by atoms with Crippen molar-refractivity contribution < 1.29 is 9.90 Å². The van der Waals surface area contributed by atoms with E-state index in [-0.39, 0.29) is 18.5 Å². The molecule has 1 heterocycles. The molecular weight excluding hydrogens is 270 g/mol. The van der Waals surface area contributed by atoms with Crippen LogP contribution in [0.15, 0.2) is 24.3 Å². The Labute approximate surface area is 125 Å².